The molecule has 1 aromatic carbocycles. The topological polar surface area (TPSA) is 29.3 Å². The van der Waals surface area contributed by atoms with Crippen molar-refractivity contribution in [3.8, 4) is 0 Å². The highest BCUT2D eigenvalue weighted by Crippen LogP contribution is 2.17. The zero-order chi connectivity index (χ0) is 13.8. The van der Waals surface area contributed by atoms with E-state index in [1.54, 1.807) is 0 Å². The second kappa shape index (κ2) is 6.35. The monoisotopic (exact) mass is 248 g/mol. The second-order valence-corrected chi connectivity index (χ2v) is 6.46. The van der Waals surface area contributed by atoms with Gasteiger partial charge in [0.05, 0.1) is 0 Å². The van der Waals surface area contributed by atoms with Crippen LogP contribution in [0.5, 0.6) is 0 Å². The van der Waals surface area contributed by atoms with Crippen LogP contribution >= 0.6 is 0 Å². The fraction of sp³-hybridized carbons (Fsp3) is 0.625. The Hall–Kier alpha value is -0.860. The average Bonchev–Trinajstić information content (AvgIpc) is 2.26. The Balaban J connectivity index is 2.56. The lowest BCUT2D eigenvalue weighted by Crippen LogP contribution is -2.35. The van der Waals surface area contributed by atoms with Crippen LogP contribution < -0.4 is 5.73 Å². The lowest BCUT2D eigenvalue weighted by molar-refractivity contribution is 0.217. The smallest absolute Gasteiger partial charge is 0.0424 e. The van der Waals surface area contributed by atoms with E-state index in [0.717, 1.165) is 19.5 Å². The van der Waals surface area contributed by atoms with E-state index in [4.69, 9.17) is 5.73 Å². The molecule has 0 amide bonds. The Kier molecular flexibility index (Phi) is 5.36. The molecule has 0 aliphatic carbocycles. The van der Waals surface area contributed by atoms with E-state index < -0.39 is 0 Å². The van der Waals surface area contributed by atoms with Crippen molar-refractivity contribution >= 4 is 0 Å². The highest BCUT2D eigenvalue weighted by molar-refractivity contribution is 5.25. The molecule has 2 nitrogen and oxygen atoms in total. The standard InChI is InChI=1S/C16H28N2/c1-6-13-7-9-14(10-8-13)15(17)11-18(5)12-16(2,3)4/h7-10,15H,6,11-12,17H2,1-5H3. The minimum Gasteiger partial charge on any atom is -0.323 e. The van der Waals surface area contributed by atoms with Gasteiger partial charge in [0.1, 0.15) is 0 Å². The molecule has 2 heteroatoms. The van der Waals surface area contributed by atoms with Crippen LogP contribution in [0.25, 0.3) is 0 Å². The number of benzene rings is 1. The van der Waals surface area contributed by atoms with Crippen LogP contribution in [0.15, 0.2) is 24.3 Å². The maximum atomic E-state index is 6.26. The summed E-state index contributed by atoms with van der Waals surface area (Å²) in [6.45, 7) is 10.9. The number of nitrogens with zero attached hydrogens (tertiary/aromatic N) is 1. The Morgan fingerprint density at radius 2 is 1.72 bits per heavy atom. The second-order valence-electron chi connectivity index (χ2n) is 6.46. The minimum absolute atomic E-state index is 0.100. The molecule has 2 N–H and O–H groups in total. The minimum atomic E-state index is 0.100. The molecule has 0 spiro atoms. The van der Waals surface area contributed by atoms with Crippen LogP contribution in [0.2, 0.25) is 0 Å². The lowest BCUT2D eigenvalue weighted by Gasteiger charge is -2.28. The third-order valence-electron chi connectivity index (χ3n) is 3.07. The Morgan fingerprint density at radius 3 is 2.17 bits per heavy atom. The summed E-state index contributed by atoms with van der Waals surface area (Å²) in [4.78, 5) is 2.32. The van der Waals surface area contributed by atoms with E-state index in [-0.39, 0.29) is 6.04 Å². The van der Waals surface area contributed by atoms with Crippen molar-refractivity contribution in [3.63, 3.8) is 0 Å². The van der Waals surface area contributed by atoms with Crippen LogP contribution in [0, 0.1) is 5.41 Å². The maximum absolute atomic E-state index is 6.26. The molecule has 1 atom stereocenters. The molecule has 0 aromatic heterocycles. The van der Waals surface area contributed by atoms with Crippen LogP contribution in [0.1, 0.15) is 44.9 Å². The van der Waals surface area contributed by atoms with Gasteiger partial charge in [-0.25, -0.2) is 0 Å². The van der Waals surface area contributed by atoms with Gasteiger partial charge in [0.2, 0.25) is 0 Å². The molecular formula is C16H28N2. The van der Waals surface area contributed by atoms with E-state index in [2.05, 4.69) is 63.9 Å². The summed E-state index contributed by atoms with van der Waals surface area (Å²) < 4.78 is 0. The molecule has 1 aromatic rings. The first-order chi connectivity index (χ1) is 8.31. The number of aryl methyl sites for hydroxylation is 1. The number of hydrogen-bond acceptors (Lipinski definition) is 2. The molecule has 0 radical (unpaired) electrons. The molecule has 1 unspecified atom stereocenters. The van der Waals surface area contributed by atoms with Crippen molar-refractivity contribution < 1.29 is 0 Å². The van der Waals surface area contributed by atoms with Crippen molar-refractivity contribution in [2.75, 3.05) is 20.1 Å². The molecular weight excluding hydrogens is 220 g/mol. The summed E-state index contributed by atoms with van der Waals surface area (Å²) in [7, 11) is 2.14. The summed E-state index contributed by atoms with van der Waals surface area (Å²) in [5, 5.41) is 0. The summed E-state index contributed by atoms with van der Waals surface area (Å²) >= 11 is 0. The first-order valence-corrected chi connectivity index (χ1v) is 6.85. The van der Waals surface area contributed by atoms with Crippen LogP contribution in [-0.4, -0.2) is 25.0 Å². The Bertz CT molecular complexity index is 348. The quantitative estimate of drug-likeness (QED) is 0.867. The van der Waals surface area contributed by atoms with E-state index in [9.17, 15) is 0 Å². The van der Waals surface area contributed by atoms with E-state index >= 15 is 0 Å². The van der Waals surface area contributed by atoms with Gasteiger partial charge >= 0.3 is 0 Å². The average molecular weight is 248 g/mol. The summed E-state index contributed by atoms with van der Waals surface area (Å²) in [5.74, 6) is 0. The molecule has 102 valence electrons. The maximum Gasteiger partial charge on any atom is 0.0424 e. The van der Waals surface area contributed by atoms with E-state index in [1.807, 2.05) is 0 Å². The SMILES string of the molecule is CCc1ccc(C(N)CN(C)CC(C)(C)C)cc1. The number of nitrogens with two attached hydrogens (primary N) is 1. The molecule has 0 saturated heterocycles. The van der Waals surface area contributed by atoms with E-state index in [1.165, 1.54) is 11.1 Å². The van der Waals surface area contributed by atoms with Crippen LogP contribution in [-0.2, 0) is 6.42 Å². The van der Waals surface area contributed by atoms with Gasteiger partial charge in [-0.3, -0.25) is 0 Å². The zero-order valence-electron chi connectivity index (χ0n) is 12.5. The van der Waals surface area contributed by atoms with E-state index in [0.29, 0.717) is 5.41 Å². The predicted octanol–water partition coefficient (Wildman–Crippen LogP) is 3.23. The third-order valence-corrected chi connectivity index (χ3v) is 3.07. The summed E-state index contributed by atoms with van der Waals surface area (Å²) in [5.41, 5.74) is 9.18. The molecule has 1 rings (SSSR count). The Morgan fingerprint density at radius 1 is 1.17 bits per heavy atom. The first-order valence-electron chi connectivity index (χ1n) is 6.85. The van der Waals surface area contributed by atoms with Gasteiger partial charge in [0, 0.05) is 19.1 Å². The zero-order valence-corrected chi connectivity index (χ0v) is 12.5. The molecule has 0 fully saturated rings. The van der Waals surface area contributed by atoms with Crippen molar-refractivity contribution in [2.24, 2.45) is 11.1 Å². The summed E-state index contributed by atoms with van der Waals surface area (Å²) in [6, 6.07) is 8.78. The fourth-order valence-corrected chi connectivity index (χ4v) is 2.32. The van der Waals surface area contributed by atoms with Crippen molar-refractivity contribution in [3.05, 3.63) is 35.4 Å². The molecule has 18 heavy (non-hydrogen) atoms. The summed E-state index contributed by atoms with van der Waals surface area (Å²) in [6.07, 6.45) is 1.08. The highest BCUT2D eigenvalue weighted by atomic mass is 15.1. The van der Waals surface area contributed by atoms with Gasteiger partial charge in [0.15, 0.2) is 0 Å². The number of hydrogen-bond donors (Lipinski definition) is 1. The van der Waals surface area contributed by atoms with Crippen molar-refractivity contribution in [2.45, 2.75) is 40.2 Å². The van der Waals surface area contributed by atoms with Crippen LogP contribution in [0.3, 0.4) is 0 Å². The van der Waals surface area contributed by atoms with Gasteiger partial charge < -0.3 is 10.6 Å². The molecule has 0 saturated carbocycles. The third kappa shape index (κ3) is 5.19. The van der Waals surface area contributed by atoms with Gasteiger partial charge in [-0.15, -0.1) is 0 Å². The van der Waals surface area contributed by atoms with Gasteiger partial charge in [-0.05, 0) is 30.0 Å². The first kappa shape index (κ1) is 15.2. The van der Waals surface area contributed by atoms with Gasteiger partial charge in [-0.1, -0.05) is 52.0 Å². The fourth-order valence-electron chi connectivity index (χ4n) is 2.32. The molecule has 0 aliphatic rings. The predicted molar refractivity (Wildman–Crippen MR) is 79.7 cm³/mol. The Labute approximate surface area is 112 Å². The molecule has 0 bridgehead atoms. The molecule has 0 aliphatic heterocycles. The highest BCUT2D eigenvalue weighted by Gasteiger charge is 2.16. The lowest BCUT2D eigenvalue weighted by atomic mass is 9.95. The van der Waals surface area contributed by atoms with Crippen molar-refractivity contribution in [1.82, 2.24) is 4.90 Å². The normalized spacial score (nSPS) is 13.9. The largest absolute Gasteiger partial charge is 0.323 e. The van der Waals surface area contributed by atoms with Gasteiger partial charge in [-0.2, -0.15) is 0 Å². The number of rotatable bonds is 5. The van der Waals surface area contributed by atoms with Crippen molar-refractivity contribution in [1.29, 1.82) is 0 Å². The van der Waals surface area contributed by atoms with Crippen LogP contribution in [0.4, 0.5) is 0 Å². The number of likely N-dealkylation sites (N-methyl/N-ethyl adjacent to an activating group) is 1. The van der Waals surface area contributed by atoms with Gasteiger partial charge in [0.25, 0.3) is 0 Å². The molecule has 0 heterocycles.